The Kier molecular flexibility index (Phi) is 12.4. The molecular weight excluding hydrogens is 475 g/mol. The molecule has 0 unspecified atom stereocenters. The van der Waals surface area contributed by atoms with Crippen molar-refractivity contribution in [2.45, 2.75) is 26.8 Å². The predicted octanol–water partition coefficient (Wildman–Crippen LogP) is 2.68. The molecule has 0 aliphatic carbocycles. The molecule has 0 spiro atoms. The van der Waals surface area contributed by atoms with Gasteiger partial charge < -0.3 is 10.6 Å². The molecule has 25 heavy (non-hydrogen) atoms. The van der Waals surface area contributed by atoms with Gasteiger partial charge in [-0.15, -0.1) is 24.0 Å². The Morgan fingerprint density at radius 2 is 1.84 bits per heavy atom. The minimum Gasteiger partial charge on any atom is -0.357 e. The first-order valence-electron chi connectivity index (χ1n) is 8.08. The summed E-state index contributed by atoms with van der Waals surface area (Å²) in [4.78, 5) is 4.52. The van der Waals surface area contributed by atoms with Gasteiger partial charge >= 0.3 is 0 Å². The number of hydrogen-bond acceptors (Lipinski definition) is 3. The second-order valence-electron chi connectivity index (χ2n) is 5.36. The zero-order valence-corrected chi connectivity index (χ0v) is 18.9. The lowest BCUT2D eigenvalue weighted by Gasteiger charge is -2.18. The SMILES string of the molecule is CCNC(=NCc1ccc(Cl)cc1)NCCCN(CC)S(C)(=O)=O.I. The van der Waals surface area contributed by atoms with Crippen LogP contribution in [-0.2, 0) is 16.6 Å². The number of sulfonamides is 1. The van der Waals surface area contributed by atoms with Crippen LogP contribution < -0.4 is 10.6 Å². The van der Waals surface area contributed by atoms with Crippen molar-refractivity contribution in [1.82, 2.24) is 14.9 Å². The van der Waals surface area contributed by atoms with Crippen molar-refractivity contribution in [1.29, 1.82) is 0 Å². The van der Waals surface area contributed by atoms with Crippen molar-refractivity contribution in [2.24, 2.45) is 4.99 Å². The molecule has 1 aromatic rings. The normalized spacial score (nSPS) is 12.0. The molecule has 0 aliphatic rings. The van der Waals surface area contributed by atoms with Crippen LogP contribution in [0.25, 0.3) is 0 Å². The molecule has 0 bridgehead atoms. The fourth-order valence-corrected chi connectivity index (χ4v) is 3.18. The van der Waals surface area contributed by atoms with Gasteiger partial charge in [0.15, 0.2) is 5.96 Å². The van der Waals surface area contributed by atoms with E-state index in [1.165, 1.54) is 10.6 Å². The zero-order valence-electron chi connectivity index (χ0n) is 15.0. The third-order valence-electron chi connectivity index (χ3n) is 3.38. The highest BCUT2D eigenvalue weighted by atomic mass is 127. The highest BCUT2D eigenvalue weighted by molar-refractivity contribution is 14.0. The van der Waals surface area contributed by atoms with Gasteiger partial charge in [-0.2, -0.15) is 0 Å². The van der Waals surface area contributed by atoms with E-state index in [0.717, 1.165) is 18.1 Å². The van der Waals surface area contributed by atoms with Crippen molar-refractivity contribution in [3.05, 3.63) is 34.9 Å². The second kappa shape index (κ2) is 12.7. The van der Waals surface area contributed by atoms with Gasteiger partial charge in [0.1, 0.15) is 0 Å². The van der Waals surface area contributed by atoms with Crippen LogP contribution in [0, 0.1) is 0 Å². The van der Waals surface area contributed by atoms with E-state index in [1.807, 2.05) is 38.1 Å². The summed E-state index contributed by atoms with van der Waals surface area (Å²) in [5.74, 6) is 0.717. The van der Waals surface area contributed by atoms with Gasteiger partial charge in [0, 0.05) is 31.2 Å². The molecule has 0 fully saturated rings. The highest BCUT2D eigenvalue weighted by Crippen LogP contribution is 2.10. The standard InChI is InChI=1S/C16H27ClN4O2S.HI/c1-4-18-16(20-13-14-7-9-15(17)10-8-14)19-11-6-12-21(5-2)24(3,22)23;/h7-10H,4-6,11-13H2,1-3H3,(H2,18,19,20);1H. The van der Waals surface area contributed by atoms with Gasteiger partial charge in [-0.1, -0.05) is 30.7 Å². The summed E-state index contributed by atoms with van der Waals surface area (Å²) in [5.41, 5.74) is 1.07. The summed E-state index contributed by atoms with van der Waals surface area (Å²) in [6.45, 7) is 6.79. The number of guanidine groups is 1. The third kappa shape index (κ3) is 10.2. The van der Waals surface area contributed by atoms with Crippen molar-refractivity contribution in [3.63, 3.8) is 0 Å². The van der Waals surface area contributed by atoms with Gasteiger partial charge in [-0.05, 0) is 31.0 Å². The Morgan fingerprint density at radius 3 is 2.36 bits per heavy atom. The second-order valence-corrected chi connectivity index (χ2v) is 7.78. The number of rotatable bonds is 9. The quantitative estimate of drug-likeness (QED) is 0.236. The highest BCUT2D eigenvalue weighted by Gasteiger charge is 2.13. The van der Waals surface area contributed by atoms with Crippen LogP contribution in [0.3, 0.4) is 0 Å². The number of benzene rings is 1. The maximum Gasteiger partial charge on any atom is 0.211 e. The Balaban J connectivity index is 0.00000576. The van der Waals surface area contributed by atoms with Crippen LogP contribution in [0.15, 0.2) is 29.3 Å². The Labute approximate surface area is 173 Å². The number of nitrogens with one attached hydrogen (secondary N) is 2. The van der Waals surface area contributed by atoms with Gasteiger partial charge in [0.05, 0.1) is 12.8 Å². The topological polar surface area (TPSA) is 73.8 Å². The molecule has 6 nitrogen and oxygen atoms in total. The van der Waals surface area contributed by atoms with Crippen LogP contribution in [0.2, 0.25) is 5.02 Å². The Bertz CT molecular complexity index is 624. The zero-order chi connectivity index (χ0) is 18.0. The van der Waals surface area contributed by atoms with Crippen LogP contribution in [0.5, 0.6) is 0 Å². The fraction of sp³-hybridized carbons (Fsp3) is 0.562. The van der Waals surface area contributed by atoms with E-state index >= 15 is 0 Å². The Morgan fingerprint density at radius 1 is 1.20 bits per heavy atom. The van der Waals surface area contributed by atoms with E-state index in [4.69, 9.17) is 11.6 Å². The van der Waals surface area contributed by atoms with E-state index in [-0.39, 0.29) is 24.0 Å². The monoisotopic (exact) mass is 502 g/mol. The number of nitrogens with zero attached hydrogens (tertiary/aromatic N) is 2. The summed E-state index contributed by atoms with van der Waals surface area (Å²) in [5, 5.41) is 7.11. The molecule has 1 rings (SSSR count). The lowest BCUT2D eigenvalue weighted by atomic mass is 10.2. The number of aliphatic imine (C=N–C) groups is 1. The molecule has 144 valence electrons. The molecule has 0 amide bonds. The van der Waals surface area contributed by atoms with Gasteiger partial charge in [0.2, 0.25) is 10.0 Å². The van der Waals surface area contributed by atoms with Gasteiger partial charge in [-0.25, -0.2) is 17.7 Å². The molecule has 2 N–H and O–H groups in total. The van der Waals surface area contributed by atoms with Crippen LogP contribution in [-0.4, -0.2) is 51.1 Å². The van der Waals surface area contributed by atoms with Crippen molar-refractivity contribution in [3.8, 4) is 0 Å². The maximum atomic E-state index is 11.5. The summed E-state index contributed by atoms with van der Waals surface area (Å²) in [6.07, 6.45) is 1.95. The van der Waals surface area contributed by atoms with E-state index in [2.05, 4.69) is 15.6 Å². The molecule has 0 aromatic heterocycles. The van der Waals surface area contributed by atoms with Crippen molar-refractivity contribution < 1.29 is 8.42 Å². The average molecular weight is 503 g/mol. The van der Waals surface area contributed by atoms with E-state index in [9.17, 15) is 8.42 Å². The van der Waals surface area contributed by atoms with E-state index < -0.39 is 10.0 Å². The smallest absolute Gasteiger partial charge is 0.211 e. The van der Waals surface area contributed by atoms with Gasteiger partial charge in [0.25, 0.3) is 0 Å². The molecular formula is C16H28ClIN4O2S. The number of hydrogen-bond donors (Lipinski definition) is 2. The first kappa shape index (κ1) is 24.4. The van der Waals surface area contributed by atoms with Crippen LogP contribution in [0.1, 0.15) is 25.8 Å². The summed E-state index contributed by atoms with van der Waals surface area (Å²) < 4.78 is 24.5. The van der Waals surface area contributed by atoms with Crippen LogP contribution >= 0.6 is 35.6 Å². The third-order valence-corrected chi connectivity index (χ3v) is 5.01. The summed E-state index contributed by atoms with van der Waals surface area (Å²) in [7, 11) is -3.13. The molecule has 0 aliphatic heterocycles. The molecule has 0 saturated carbocycles. The lowest BCUT2D eigenvalue weighted by Crippen LogP contribution is -2.39. The molecule has 9 heteroatoms. The molecule has 0 heterocycles. The molecule has 0 radical (unpaired) electrons. The summed E-state index contributed by atoms with van der Waals surface area (Å²) >= 11 is 5.87. The van der Waals surface area contributed by atoms with Crippen molar-refractivity contribution in [2.75, 3.05) is 32.4 Å². The number of halogens is 2. The van der Waals surface area contributed by atoms with Crippen LogP contribution in [0.4, 0.5) is 0 Å². The average Bonchev–Trinajstić information content (AvgIpc) is 2.52. The fourth-order valence-electron chi connectivity index (χ4n) is 2.12. The Hall–Kier alpha value is -0.580. The minimum atomic E-state index is -3.13. The van der Waals surface area contributed by atoms with Crippen molar-refractivity contribution >= 4 is 51.6 Å². The first-order chi connectivity index (χ1) is 11.4. The van der Waals surface area contributed by atoms with E-state index in [0.29, 0.717) is 37.6 Å². The lowest BCUT2D eigenvalue weighted by molar-refractivity contribution is 0.424. The molecule has 1 aromatic carbocycles. The predicted molar refractivity (Wildman–Crippen MR) is 116 cm³/mol. The van der Waals surface area contributed by atoms with Gasteiger partial charge in [-0.3, -0.25) is 0 Å². The van der Waals surface area contributed by atoms with E-state index in [1.54, 1.807) is 0 Å². The maximum absolute atomic E-state index is 11.5. The molecule has 0 atom stereocenters. The first-order valence-corrected chi connectivity index (χ1v) is 10.3. The largest absolute Gasteiger partial charge is 0.357 e. The minimum absolute atomic E-state index is 0. The molecule has 0 saturated heterocycles. The summed E-state index contributed by atoms with van der Waals surface area (Å²) in [6, 6.07) is 7.58.